The van der Waals surface area contributed by atoms with Crippen LogP contribution in [0.3, 0.4) is 0 Å². The third-order valence-electron chi connectivity index (χ3n) is 3.55. The van der Waals surface area contributed by atoms with Gasteiger partial charge in [-0.15, -0.1) is 11.3 Å². The summed E-state index contributed by atoms with van der Waals surface area (Å²) in [5.41, 5.74) is 0. The van der Waals surface area contributed by atoms with E-state index in [4.69, 9.17) is 5.11 Å². The second-order valence-corrected chi connectivity index (χ2v) is 6.64. The van der Waals surface area contributed by atoms with Gasteiger partial charge < -0.3 is 10.4 Å². The summed E-state index contributed by atoms with van der Waals surface area (Å²) in [6.07, 6.45) is 3.23. The zero-order valence-corrected chi connectivity index (χ0v) is 12.0. The summed E-state index contributed by atoms with van der Waals surface area (Å²) in [6.45, 7) is 4.42. The van der Waals surface area contributed by atoms with Gasteiger partial charge in [0.25, 0.3) is 5.91 Å². The fourth-order valence-electron chi connectivity index (χ4n) is 2.90. The largest absolute Gasteiger partial charge is 0.477 e. The van der Waals surface area contributed by atoms with Crippen LogP contribution in [0.1, 0.15) is 52.5 Å². The molecule has 1 aliphatic rings. The third kappa shape index (κ3) is 3.56. The standard InChI is InChI=1S/C14H19NO3S/c1-8-5-9(2)7-10(6-8)15-13(16)11-3-4-12(19-11)14(17)18/h3-4,8-10H,5-7H2,1-2H3,(H,15,16)(H,17,18). The van der Waals surface area contributed by atoms with Crippen molar-refractivity contribution < 1.29 is 14.7 Å². The second kappa shape index (κ2) is 5.74. The number of hydrogen-bond donors (Lipinski definition) is 2. The molecule has 0 aromatic carbocycles. The van der Waals surface area contributed by atoms with E-state index in [9.17, 15) is 9.59 Å². The minimum absolute atomic E-state index is 0.149. The number of thiophene rings is 1. The van der Waals surface area contributed by atoms with Crippen LogP contribution in [0.5, 0.6) is 0 Å². The van der Waals surface area contributed by atoms with Crippen LogP contribution in [0.15, 0.2) is 12.1 Å². The molecule has 2 unspecified atom stereocenters. The first-order valence-electron chi connectivity index (χ1n) is 6.59. The normalized spacial score (nSPS) is 26.9. The van der Waals surface area contributed by atoms with Crippen LogP contribution in [0.2, 0.25) is 0 Å². The first-order valence-corrected chi connectivity index (χ1v) is 7.41. The number of amides is 1. The van der Waals surface area contributed by atoms with Gasteiger partial charge in [-0.2, -0.15) is 0 Å². The summed E-state index contributed by atoms with van der Waals surface area (Å²) < 4.78 is 0. The van der Waals surface area contributed by atoms with Gasteiger partial charge in [0, 0.05) is 6.04 Å². The van der Waals surface area contributed by atoms with Gasteiger partial charge in [-0.05, 0) is 43.2 Å². The van der Waals surface area contributed by atoms with Gasteiger partial charge in [0.15, 0.2) is 0 Å². The maximum atomic E-state index is 12.1. The molecule has 1 heterocycles. The van der Waals surface area contributed by atoms with Crippen molar-refractivity contribution in [3.05, 3.63) is 21.9 Å². The van der Waals surface area contributed by atoms with Gasteiger partial charge in [-0.1, -0.05) is 13.8 Å². The van der Waals surface area contributed by atoms with E-state index >= 15 is 0 Å². The van der Waals surface area contributed by atoms with Crippen LogP contribution >= 0.6 is 11.3 Å². The predicted molar refractivity (Wildman–Crippen MR) is 74.7 cm³/mol. The van der Waals surface area contributed by atoms with Gasteiger partial charge in [-0.3, -0.25) is 4.79 Å². The van der Waals surface area contributed by atoms with E-state index < -0.39 is 5.97 Å². The third-order valence-corrected chi connectivity index (χ3v) is 4.63. The number of carboxylic acids is 1. The van der Waals surface area contributed by atoms with Gasteiger partial charge >= 0.3 is 5.97 Å². The molecule has 1 fully saturated rings. The van der Waals surface area contributed by atoms with E-state index in [-0.39, 0.29) is 16.8 Å². The Bertz CT molecular complexity index is 473. The summed E-state index contributed by atoms with van der Waals surface area (Å²) in [5, 5.41) is 11.9. The summed E-state index contributed by atoms with van der Waals surface area (Å²) in [6, 6.07) is 3.27. The Kier molecular flexibility index (Phi) is 4.24. The highest BCUT2D eigenvalue weighted by Gasteiger charge is 2.25. The van der Waals surface area contributed by atoms with Crippen molar-refractivity contribution in [2.24, 2.45) is 11.8 Å². The number of aromatic carboxylic acids is 1. The molecule has 1 saturated carbocycles. The Balaban J connectivity index is 1.98. The first kappa shape index (κ1) is 14.1. The maximum absolute atomic E-state index is 12.1. The van der Waals surface area contributed by atoms with Gasteiger partial charge in [0.2, 0.25) is 0 Å². The molecule has 0 bridgehead atoms. The van der Waals surface area contributed by atoms with Crippen LogP contribution in [-0.2, 0) is 0 Å². The average Bonchev–Trinajstić information content (AvgIpc) is 2.76. The van der Waals surface area contributed by atoms with E-state index in [1.165, 1.54) is 12.5 Å². The first-order chi connectivity index (χ1) is 8.95. The molecule has 1 amide bonds. The van der Waals surface area contributed by atoms with Crippen molar-refractivity contribution in [3.8, 4) is 0 Å². The molecular formula is C14H19NO3S. The van der Waals surface area contributed by atoms with Crippen LogP contribution in [0.25, 0.3) is 0 Å². The lowest BCUT2D eigenvalue weighted by atomic mass is 9.80. The Morgan fingerprint density at radius 3 is 2.26 bits per heavy atom. The second-order valence-electron chi connectivity index (χ2n) is 5.56. The van der Waals surface area contributed by atoms with E-state index in [0.29, 0.717) is 16.7 Å². The highest BCUT2D eigenvalue weighted by molar-refractivity contribution is 7.15. The molecule has 19 heavy (non-hydrogen) atoms. The SMILES string of the molecule is CC1CC(C)CC(NC(=O)c2ccc(C(=O)O)s2)C1. The molecule has 5 heteroatoms. The van der Waals surface area contributed by atoms with Crippen molar-refractivity contribution >= 4 is 23.2 Å². The average molecular weight is 281 g/mol. The Morgan fingerprint density at radius 1 is 1.16 bits per heavy atom. The predicted octanol–water partition coefficient (Wildman–Crippen LogP) is 3.00. The fraction of sp³-hybridized carbons (Fsp3) is 0.571. The minimum Gasteiger partial charge on any atom is -0.477 e. The molecule has 1 aromatic heterocycles. The van der Waals surface area contributed by atoms with Gasteiger partial charge in [0.05, 0.1) is 4.88 Å². The van der Waals surface area contributed by atoms with Crippen molar-refractivity contribution in [1.29, 1.82) is 0 Å². The lowest BCUT2D eigenvalue weighted by molar-refractivity contribution is 0.0702. The fourth-order valence-corrected chi connectivity index (χ4v) is 3.64. The summed E-state index contributed by atoms with van der Waals surface area (Å²) >= 11 is 1.03. The number of rotatable bonds is 3. The molecule has 2 rings (SSSR count). The molecule has 0 aliphatic heterocycles. The van der Waals surface area contributed by atoms with Crippen molar-refractivity contribution in [2.75, 3.05) is 0 Å². The molecule has 0 radical (unpaired) electrons. The number of hydrogen-bond acceptors (Lipinski definition) is 3. The summed E-state index contributed by atoms with van der Waals surface area (Å²) in [7, 11) is 0. The number of nitrogens with one attached hydrogen (secondary N) is 1. The highest BCUT2D eigenvalue weighted by atomic mass is 32.1. The summed E-state index contributed by atoms with van der Waals surface area (Å²) in [4.78, 5) is 23.5. The molecule has 2 atom stereocenters. The molecule has 1 aromatic rings. The number of carbonyl (C=O) groups excluding carboxylic acids is 1. The van der Waals surface area contributed by atoms with E-state index in [1.807, 2.05) is 0 Å². The Labute approximate surface area is 116 Å². The van der Waals surface area contributed by atoms with Crippen LogP contribution in [0.4, 0.5) is 0 Å². The van der Waals surface area contributed by atoms with Crippen LogP contribution in [-0.4, -0.2) is 23.0 Å². The minimum atomic E-state index is -0.982. The lowest BCUT2D eigenvalue weighted by Gasteiger charge is -2.31. The molecule has 0 spiro atoms. The topological polar surface area (TPSA) is 66.4 Å². The summed E-state index contributed by atoms with van der Waals surface area (Å²) in [5.74, 6) is 0.131. The monoisotopic (exact) mass is 281 g/mol. The zero-order valence-electron chi connectivity index (χ0n) is 11.2. The van der Waals surface area contributed by atoms with E-state index in [1.54, 1.807) is 6.07 Å². The smallest absolute Gasteiger partial charge is 0.345 e. The zero-order chi connectivity index (χ0) is 14.0. The number of carboxylic acid groups (broad SMARTS) is 1. The lowest BCUT2D eigenvalue weighted by Crippen LogP contribution is -2.39. The molecular weight excluding hydrogens is 262 g/mol. The van der Waals surface area contributed by atoms with Crippen molar-refractivity contribution in [2.45, 2.75) is 39.2 Å². The maximum Gasteiger partial charge on any atom is 0.345 e. The quantitative estimate of drug-likeness (QED) is 0.895. The molecule has 0 saturated heterocycles. The van der Waals surface area contributed by atoms with Crippen molar-refractivity contribution in [1.82, 2.24) is 5.32 Å². The van der Waals surface area contributed by atoms with Crippen LogP contribution in [0, 0.1) is 11.8 Å². The molecule has 4 nitrogen and oxygen atoms in total. The molecule has 2 N–H and O–H groups in total. The molecule has 104 valence electrons. The highest BCUT2D eigenvalue weighted by Crippen LogP contribution is 2.29. The molecule has 1 aliphatic carbocycles. The Hall–Kier alpha value is -1.36. The van der Waals surface area contributed by atoms with Crippen LogP contribution < -0.4 is 5.32 Å². The van der Waals surface area contributed by atoms with E-state index in [0.717, 1.165) is 24.2 Å². The number of carbonyl (C=O) groups is 2. The van der Waals surface area contributed by atoms with Gasteiger partial charge in [0.1, 0.15) is 4.88 Å². The van der Waals surface area contributed by atoms with Gasteiger partial charge in [-0.25, -0.2) is 4.79 Å². The Morgan fingerprint density at radius 2 is 1.74 bits per heavy atom. The van der Waals surface area contributed by atoms with Crippen molar-refractivity contribution in [3.63, 3.8) is 0 Å². The van der Waals surface area contributed by atoms with E-state index in [2.05, 4.69) is 19.2 Å².